The van der Waals surface area contributed by atoms with Crippen LogP contribution in [0.1, 0.15) is 5.56 Å². The first-order valence-electron chi connectivity index (χ1n) is 21.6. The number of thiophene rings is 1. The van der Waals surface area contributed by atoms with Crippen molar-refractivity contribution in [3.63, 3.8) is 0 Å². The van der Waals surface area contributed by atoms with E-state index in [0.717, 1.165) is 77.6 Å². The molecule has 0 atom stereocenters. The minimum absolute atomic E-state index is 0.558. The molecule has 306 valence electrons. The molecule has 66 heavy (non-hydrogen) atoms. The van der Waals surface area contributed by atoms with Crippen LogP contribution >= 0.6 is 11.3 Å². The van der Waals surface area contributed by atoms with E-state index in [2.05, 4.69) is 113 Å². The highest BCUT2D eigenvalue weighted by molar-refractivity contribution is 7.25. The Morgan fingerprint density at radius 2 is 0.909 bits per heavy atom. The lowest BCUT2D eigenvalue weighted by atomic mass is 9.99. The number of hydrogen-bond acceptors (Lipinski definition) is 5. The average Bonchev–Trinajstić information content (AvgIpc) is 3.93. The minimum Gasteiger partial charge on any atom is -0.308 e. The van der Waals surface area contributed by atoms with E-state index in [1.54, 1.807) is 0 Å². The third-order valence-corrected chi connectivity index (χ3v) is 13.5. The van der Waals surface area contributed by atoms with Crippen molar-refractivity contribution in [3.8, 4) is 79.3 Å². The second kappa shape index (κ2) is 16.0. The largest absolute Gasteiger partial charge is 0.308 e. The molecule has 0 aliphatic carbocycles. The average molecular weight is 859 g/mol. The Balaban J connectivity index is 1.14. The van der Waals surface area contributed by atoms with Gasteiger partial charge in [0.05, 0.1) is 34.9 Å². The molecule has 0 aliphatic rings. The van der Waals surface area contributed by atoms with E-state index in [0.29, 0.717) is 28.7 Å². The third-order valence-electron chi connectivity index (χ3n) is 12.3. The van der Waals surface area contributed by atoms with Gasteiger partial charge in [-0.05, 0) is 100 Å². The Kier molecular flexibility index (Phi) is 9.35. The summed E-state index contributed by atoms with van der Waals surface area (Å²) in [6.07, 6.45) is 0. The molecular weight excluding hydrogens is 825 g/mol. The fourth-order valence-electron chi connectivity index (χ4n) is 9.03. The van der Waals surface area contributed by atoms with Crippen LogP contribution in [-0.4, -0.2) is 19.5 Å². The van der Waals surface area contributed by atoms with E-state index in [1.165, 1.54) is 20.2 Å². The summed E-state index contributed by atoms with van der Waals surface area (Å²) in [5.41, 5.74) is 13.1. The maximum Gasteiger partial charge on any atom is 0.187 e. The van der Waals surface area contributed by atoms with Crippen LogP contribution in [-0.2, 0) is 0 Å². The Hall–Kier alpha value is -9.01. The molecule has 12 rings (SSSR count). The number of nitriles is 1. The molecule has 0 saturated heterocycles. The standard InChI is InChI=1S/C59H34N6S/c1-61-46-26-20-39(21-27-46)43-23-29-53-49(33-43)48-32-42(38-18-16-37(36-60)17-19-38)22-28-52(48)65(53)54-30-24-44(45-25-31-56-50(34-45)47-14-8-9-15-55(47)66-56)35-51(54)59-63-57(40-10-4-2-5-11-40)62-58(64-59)41-12-6-3-7-13-41/h2-35H. The van der Waals surface area contributed by atoms with Gasteiger partial charge < -0.3 is 4.57 Å². The van der Waals surface area contributed by atoms with Crippen molar-refractivity contribution in [3.05, 3.63) is 223 Å². The van der Waals surface area contributed by atoms with Crippen LogP contribution in [0.15, 0.2) is 206 Å². The van der Waals surface area contributed by atoms with Gasteiger partial charge in [-0.2, -0.15) is 5.26 Å². The summed E-state index contributed by atoms with van der Waals surface area (Å²) in [6.45, 7) is 7.52. The van der Waals surface area contributed by atoms with Crippen molar-refractivity contribution < 1.29 is 0 Å². The summed E-state index contributed by atoms with van der Waals surface area (Å²) in [4.78, 5) is 19.3. The zero-order valence-electron chi connectivity index (χ0n) is 35.2. The predicted octanol–water partition coefficient (Wildman–Crippen LogP) is 15.8. The Morgan fingerprint density at radius 1 is 0.424 bits per heavy atom. The molecule has 9 aromatic carbocycles. The van der Waals surface area contributed by atoms with Crippen LogP contribution < -0.4 is 0 Å². The highest BCUT2D eigenvalue weighted by atomic mass is 32.1. The number of benzene rings is 9. The van der Waals surface area contributed by atoms with Gasteiger partial charge in [0.1, 0.15) is 0 Å². The van der Waals surface area contributed by atoms with Crippen LogP contribution in [0.5, 0.6) is 0 Å². The first kappa shape index (κ1) is 38.6. The van der Waals surface area contributed by atoms with Gasteiger partial charge in [-0.3, -0.25) is 0 Å². The Bertz CT molecular complexity index is 3760. The zero-order chi connectivity index (χ0) is 44.1. The highest BCUT2D eigenvalue weighted by Gasteiger charge is 2.22. The first-order valence-corrected chi connectivity index (χ1v) is 22.4. The number of nitrogens with zero attached hydrogens (tertiary/aromatic N) is 6. The third kappa shape index (κ3) is 6.76. The molecule has 12 aromatic rings. The number of aromatic nitrogens is 4. The first-order chi connectivity index (χ1) is 32.6. The molecule has 0 unspecified atom stereocenters. The van der Waals surface area contributed by atoms with E-state index >= 15 is 0 Å². The molecule has 6 nitrogen and oxygen atoms in total. The van der Waals surface area contributed by atoms with Crippen molar-refractivity contribution in [2.75, 3.05) is 0 Å². The van der Waals surface area contributed by atoms with Gasteiger partial charge in [0, 0.05) is 47.6 Å². The van der Waals surface area contributed by atoms with Crippen LogP contribution in [0.3, 0.4) is 0 Å². The normalized spacial score (nSPS) is 11.3. The van der Waals surface area contributed by atoms with Gasteiger partial charge in [0.2, 0.25) is 0 Å². The lowest BCUT2D eigenvalue weighted by Crippen LogP contribution is -2.04. The summed E-state index contributed by atoms with van der Waals surface area (Å²) in [5, 5.41) is 14.2. The molecule has 3 heterocycles. The van der Waals surface area contributed by atoms with Crippen molar-refractivity contribution in [1.82, 2.24) is 19.5 Å². The van der Waals surface area contributed by atoms with E-state index in [1.807, 2.05) is 121 Å². The van der Waals surface area contributed by atoms with Gasteiger partial charge in [-0.1, -0.05) is 140 Å². The molecule has 7 heteroatoms. The summed E-state index contributed by atoms with van der Waals surface area (Å²) in [6, 6.07) is 73.2. The molecule has 0 amide bonds. The fourth-order valence-corrected chi connectivity index (χ4v) is 10.1. The Morgan fingerprint density at radius 3 is 1.53 bits per heavy atom. The topological polar surface area (TPSA) is 71.8 Å². The van der Waals surface area contributed by atoms with Gasteiger partial charge in [-0.15, -0.1) is 11.3 Å². The Labute approximate surface area is 384 Å². The van der Waals surface area contributed by atoms with Crippen LogP contribution in [0.4, 0.5) is 5.69 Å². The van der Waals surface area contributed by atoms with Crippen LogP contribution in [0, 0.1) is 17.9 Å². The number of fused-ring (bicyclic) bond motifs is 6. The summed E-state index contributed by atoms with van der Waals surface area (Å²) in [5.74, 6) is 1.73. The number of rotatable bonds is 7. The van der Waals surface area contributed by atoms with Crippen molar-refractivity contribution in [1.29, 1.82) is 5.26 Å². The van der Waals surface area contributed by atoms with Gasteiger partial charge in [0.25, 0.3) is 0 Å². The molecular formula is C59H34N6S. The van der Waals surface area contributed by atoms with Gasteiger partial charge in [0.15, 0.2) is 23.2 Å². The maximum atomic E-state index is 9.54. The molecule has 0 N–H and O–H groups in total. The lowest BCUT2D eigenvalue weighted by molar-refractivity contribution is 1.06. The van der Waals surface area contributed by atoms with Gasteiger partial charge >= 0.3 is 0 Å². The van der Waals surface area contributed by atoms with Gasteiger partial charge in [-0.25, -0.2) is 19.8 Å². The predicted molar refractivity (Wildman–Crippen MR) is 271 cm³/mol. The summed E-state index contributed by atoms with van der Waals surface area (Å²) >= 11 is 1.81. The maximum absolute atomic E-state index is 9.54. The fraction of sp³-hybridized carbons (Fsp3) is 0. The second-order valence-electron chi connectivity index (χ2n) is 16.2. The molecule has 3 aromatic heterocycles. The van der Waals surface area contributed by atoms with E-state index < -0.39 is 0 Å². The number of hydrogen-bond donors (Lipinski definition) is 0. The monoisotopic (exact) mass is 858 g/mol. The van der Waals surface area contributed by atoms with Crippen LogP contribution in [0.25, 0.3) is 120 Å². The van der Waals surface area contributed by atoms with E-state index in [4.69, 9.17) is 21.5 Å². The molecule has 0 radical (unpaired) electrons. The molecule has 0 bridgehead atoms. The molecule has 0 saturated carbocycles. The van der Waals surface area contributed by atoms with Crippen molar-refractivity contribution >= 4 is 59.0 Å². The minimum atomic E-state index is 0.558. The lowest BCUT2D eigenvalue weighted by Gasteiger charge is -2.17. The van der Waals surface area contributed by atoms with Crippen molar-refractivity contribution in [2.24, 2.45) is 0 Å². The van der Waals surface area contributed by atoms with E-state index in [9.17, 15) is 5.26 Å². The quantitative estimate of drug-likeness (QED) is 0.150. The summed E-state index contributed by atoms with van der Waals surface area (Å²) in [7, 11) is 0. The SMILES string of the molecule is [C-]#[N+]c1ccc(-c2ccc3c(c2)c2cc(-c4ccc(C#N)cc4)ccc2n3-c2ccc(-c3ccc4sc5ccccc5c4c3)cc2-c2nc(-c3ccccc3)nc(-c3ccccc3)n2)cc1. The second-order valence-corrected chi connectivity index (χ2v) is 17.3. The van der Waals surface area contributed by atoms with E-state index in [-0.39, 0.29) is 0 Å². The molecule has 0 spiro atoms. The zero-order valence-corrected chi connectivity index (χ0v) is 36.0. The van der Waals surface area contributed by atoms with Crippen molar-refractivity contribution in [2.45, 2.75) is 0 Å². The van der Waals surface area contributed by atoms with Crippen LogP contribution in [0.2, 0.25) is 0 Å². The summed E-state index contributed by atoms with van der Waals surface area (Å²) < 4.78 is 4.86. The molecule has 0 aliphatic heterocycles. The highest BCUT2D eigenvalue weighted by Crippen LogP contribution is 2.42. The smallest absolute Gasteiger partial charge is 0.187 e. The molecule has 0 fully saturated rings.